The van der Waals surface area contributed by atoms with E-state index in [0.717, 1.165) is 38.3 Å². The minimum absolute atomic E-state index is 0.0117. The van der Waals surface area contributed by atoms with E-state index in [4.69, 9.17) is 9.47 Å². The lowest BCUT2D eigenvalue weighted by Gasteiger charge is -2.32. The molecule has 3 atom stereocenters. The van der Waals surface area contributed by atoms with Crippen LogP contribution in [0.15, 0.2) is 42.9 Å². The van der Waals surface area contributed by atoms with Gasteiger partial charge in [0.25, 0.3) is 5.91 Å². The van der Waals surface area contributed by atoms with Gasteiger partial charge in [-0.15, -0.1) is 0 Å². The summed E-state index contributed by atoms with van der Waals surface area (Å²) < 4.78 is 11.3. The number of carbonyl (C=O) groups is 1. The first-order chi connectivity index (χ1) is 13.2. The SMILES string of the molecule is COc1ccc(CN2C[C@H](NC(=O)c3cnccn3)[C@@H]3OCCC[C@@H]32)cc1. The van der Waals surface area contributed by atoms with Crippen molar-refractivity contribution < 1.29 is 14.3 Å². The lowest BCUT2D eigenvalue weighted by atomic mass is 10.0. The molecule has 1 amide bonds. The van der Waals surface area contributed by atoms with Gasteiger partial charge in [0.1, 0.15) is 11.4 Å². The van der Waals surface area contributed by atoms with Crippen molar-refractivity contribution in [2.75, 3.05) is 20.3 Å². The predicted octanol–water partition coefficient (Wildman–Crippen LogP) is 1.65. The number of hydrogen-bond donors (Lipinski definition) is 1. The smallest absolute Gasteiger partial charge is 0.271 e. The Morgan fingerprint density at radius 1 is 1.33 bits per heavy atom. The Bertz CT molecular complexity index is 769. The number of aromatic nitrogens is 2. The molecule has 0 aliphatic carbocycles. The zero-order chi connectivity index (χ0) is 18.6. The maximum atomic E-state index is 12.5. The number of benzene rings is 1. The number of nitrogens with one attached hydrogen (secondary N) is 1. The second kappa shape index (κ2) is 8.02. The molecule has 142 valence electrons. The molecule has 0 unspecified atom stereocenters. The van der Waals surface area contributed by atoms with E-state index in [1.807, 2.05) is 12.1 Å². The molecular formula is C20H24N4O3. The highest BCUT2D eigenvalue weighted by Crippen LogP contribution is 2.30. The first-order valence-corrected chi connectivity index (χ1v) is 9.30. The summed E-state index contributed by atoms with van der Waals surface area (Å²) in [5, 5.41) is 3.10. The maximum absolute atomic E-state index is 12.5. The molecule has 2 aliphatic heterocycles. The van der Waals surface area contributed by atoms with Gasteiger partial charge in [-0.05, 0) is 30.5 Å². The van der Waals surface area contributed by atoms with E-state index in [9.17, 15) is 4.79 Å². The molecule has 2 aliphatic rings. The van der Waals surface area contributed by atoms with E-state index in [2.05, 4.69) is 32.3 Å². The molecule has 0 spiro atoms. The van der Waals surface area contributed by atoms with Crippen LogP contribution in [0.5, 0.6) is 5.75 Å². The summed E-state index contributed by atoms with van der Waals surface area (Å²) in [6, 6.07) is 8.39. The summed E-state index contributed by atoms with van der Waals surface area (Å²) in [5.41, 5.74) is 1.56. The van der Waals surface area contributed by atoms with Crippen LogP contribution in [0.4, 0.5) is 0 Å². The fourth-order valence-corrected chi connectivity index (χ4v) is 3.99. The average molecular weight is 368 g/mol. The van der Waals surface area contributed by atoms with Crippen LogP contribution in [-0.2, 0) is 11.3 Å². The summed E-state index contributed by atoms with van der Waals surface area (Å²) in [7, 11) is 1.67. The van der Waals surface area contributed by atoms with Crippen LogP contribution in [0.25, 0.3) is 0 Å². The van der Waals surface area contributed by atoms with Crippen molar-refractivity contribution in [2.24, 2.45) is 0 Å². The predicted molar refractivity (Wildman–Crippen MR) is 99.5 cm³/mol. The Hall–Kier alpha value is -2.51. The minimum Gasteiger partial charge on any atom is -0.497 e. The summed E-state index contributed by atoms with van der Waals surface area (Å²) in [6.45, 7) is 2.33. The van der Waals surface area contributed by atoms with Crippen molar-refractivity contribution >= 4 is 5.91 Å². The number of fused-ring (bicyclic) bond motifs is 1. The molecule has 27 heavy (non-hydrogen) atoms. The summed E-state index contributed by atoms with van der Waals surface area (Å²) in [6.07, 6.45) is 6.71. The van der Waals surface area contributed by atoms with Crippen molar-refractivity contribution in [1.82, 2.24) is 20.2 Å². The van der Waals surface area contributed by atoms with Crippen LogP contribution in [-0.4, -0.2) is 59.2 Å². The number of rotatable bonds is 5. The van der Waals surface area contributed by atoms with Crippen LogP contribution in [0.1, 0.15) is 28.9 Å². The molecule has 1 aromatic carbocycles. The quantitative estimate of drug-likeness (QED) is 0.865. The Labute approximate surface area is 158 Å². The van der Waals surface area contributed by atoms with E-state index < -0.39 is 0 Å². The van der Waals surface area contributed by atoms with Gasteiger partial charge in [0, 0.05) is 38.1 Å². The summed E-state index contributed by atoms with van der Waals surface area (Å²) in [4.78, 5) is 23.0. The molecule has 3 heterocycles. The molecular weight excluding hydrogens is 344 g/mol. The van der Waals surface area contributed by atoms with Crippen molar-refractivity contribution in [3.8, 4) is 5.75 Å². The van der Waals surface area contributed by atoms with Crippen LogP contribution >= 0.6 is 0 Å². The molecule has 2 saturated heterocycles. The zero-order valence-electron chi connectivity index (χ0n) is 15.4. The van der Waals surface area contributed by atoms with Crippen molar-refractivity contribution in [2.45, 2.75) is 37.6 Å². The highest BCUT2D eigenvalue weighted by Gasteiger charge is 2.44. The zero-order valence-corrected chi connectivity index (χ0v) is 15.4. The van der Waals surface area contributed by atoms with Crippen molar-refractivity contribution in [3.63, 3.8) is 0 Å². The van der Waals surface area contributed by atoms with Gasteiger partial charge < -0.3 is 14.8 Å². The molecule has 0 saturated carbocycles. The van der Waals surface area contributed by atoms with E-state index in [0.29, 0.717) is 11.7 Å². The lowest BCUT2D eigenvalue weighted by molar-refractivity contribution is -0.0211. The van der Waals surface area contributed by atoms with Crippen LogP contribution in [0, 0.1) is 0 Å². The largest absolute Gasteiger partial charge is 0.497 e. The number of likely N-dealkylation sites (tertiary alicyclic amines) is 1. The first-order valence-electron chi connectivity index (χ1n) is 9.30. The van der Waals surface area contributed by atoms with E-state index in [1.54, 1.807) is 13.3 Å². The van der Waals surface area contributed by atoms with Gasteiger partial charge in [0.15, 0.2) is 0 Å². The fraction of sp³-hybridized carbons (Fsp3) is 0.450. The molecule has 2 fully saturated rings. The van der Waals surface area contributed by atoms with Crippen molar-refractivity contribution in [1.29, 1.82) is 0 Å². The Morgan fingerprint density at radius 3 is 2.93 bits per heavy atom. The third kappa shape index (κ3) is 3.94. The number of amides is 1. The summed E-state index contributed by atoms with van der Waals surface area (Å²) >= 11 is 0. The van der Waals surface area contributed by atoms with Gasteiger partial charge in [0.2, 0.25) is 0 Å². The topological polar surface area (TPSA) is 76.6 Å². The van der Waals surface area contributed by atoms with Gasteiger partial charge in [-0.1, -0.05) is 12.1 Å². The second-order valence-corrected chi connectivity index (χ2v) is 6.99. The minimum atomic E-state index is -0.202. The standard InChI is InChI=1S/C20H24N4O3/c1-26-15-6-4-14(5-7-15)12-24-13-17(19-18(24)3-2-10-27-19)23-20(25)16-11-21-8-9-22-16/h4-9,11,17-19H,2-3,10,12-13H2,1H3,(H,23,25)/t17-,18-,19-/m0/s1. The molecule has 7 nitrogen and oxygen atoms in total. The molecule has 7 heteroatoms. The molecule has 1 aromatic heterocycles. The number of ether oxygens (including phenoxy) is 2. The number of hydrogen-bond acceptors (Lipinski definition) is 6. The highest BCUT2D eigenvalue weighted by molar-refractivity contribution is 5.92. The number of nitrogens with zero attached hydrogens (tertiary/aromatic N) is 3. The van der Waals surface area contributed by atoms with Crippen LogP contribution < -0.4 is 10.1 Å². The fourth-order valence-electron chi connectivity index (χ4n) is 3.99. The molecule has 4 rings (SSSR count). The molecule has 2 aromatic rings. The van der Waals surface area contributed by atoms with Gasteiger partial charge in [-0.2, -0.15) is 0 Å². The Balaban J connectivity index is 1.46. The normalized spacial score (nSPS) is 25.0. The summed E-state index contributed by atoms with van der Waals surface area (Å²) in [5.74, 6) is 0.653. The van der Waals surface area contributed by atoms with E-state index in [-0.39, 0.29) is 18.1 Å². The average Bonchev–Trinajstić information content (AvgIpc) is 3.06. The first kappa shape index (κ1) is 17.9. The van der Waals surface area contributed by atoms with Gasteiger partial charge >= 0.3 is 0 Å². The molecule has 0 radical (unpaired) electrons. The van der Waals surface area contributed by atoms with E-state index >= 15 is 0 Å². The van der Waals surface area contributed by atoms with Crippen molar-refractivity contribution in [3.05, 3.63) is 54.1 Å². The van der Waals surface area contributed by atoms with Gasteiger partial charge in [0.05, 0.1) is 25.5 Å². The third-order valence-corrected chi connectivity index (χ3v) is 5.29. The van der Waals surface area contributed by atoms with Crippen LogP contribution in [0.3, 0.4) is 0 Å². The van der Waals surface area contributed by atoms with Crippen LogP contribution in [0.2, 0.25) is 0 Å². The maximum Gasteiger partial charge on any atom is 0.271 e. The van der Waals surface area contributed by atoms with Gasteiger partial charge in [-0.3, -0.25) is 14.7 Å². The molecule has 0 bridgehead atoms. The number of methoxy groups -OCH3 is 1. The third-order valence-electron chi connectivity index (χ3n) is 5.29. The molecule has 1 N–H and O–H groups in total. The van der Waals surface area contributed by atoms with E-state index in [1.165, 1.54) is 18.0 Å². The number of carbonyl (C=O) groups excluding carboxylic acids is 1. The highest BCUT2D eigenvalue weighted by atomic mass is 16.5. The second-order valence-electron chi connectivity index (χ2n) is 6.99. The lowest BCUT2D eigenvalue weighted by Crippen LogP contribution is -2.47. The Morgan fingerprint density at radius 2 is 2.19 bits per heavy atom. The van der Waals surface area contributed by atoms with Gasteiger partial charge in [-0.25, -0.2) is 4.98 Å². The Kier molecular flexibility index (Phi) is 5.31. The monoisotopic (exact) mass is 368 g/mol.